The lowest BCUT2D eigenvalue weighted by Gasteiger charge is -2.17. The van der Waals surface area contributed by atoms with E-state index in [0.717, 1.165) is 0 Å². The van der Waals surface area contributed by atoms with Gasteiger partial charge in [-0.2, -0.15) is 13.2 Å². The van der Waals surface area contributed by atoms with E-state index in [1.807, 2.05) is 0 Å². The molecule has 0 unspecified atom stereocenters. The maximum atomic E-state index is 12.3. The van der Waals surface area contributed by atoms with E-state index in [9.17, 15) is 26.4 Å². The van der Waals surface area contributed by atoms with Crippen LogP contribution in [0.2, 0.25) is 0 Å². The molecule has 25 heavy (non-hydrogen) atoms. The number of carbonyl (C=O) groups is 1. The molecule has 0 saturated carbocycles. The molecule has 0 radical (unpaired) electrons. The number of nitrogens with zero attached hydrogens (tertiary/aromatic N) is 1. The Kier molecular flexibility index (Phi) is 6.77. The van der Waals surface area contributed by atoms with Crippen LogP contribution >= 0.6 is 0 Å². The lowest BCUT2D eigenvalue weighted by molar-refractivity contribution is -0.0451. The number of sulfonamides is 1. The molecule has 2 N–H and O–H groups in total. The molecule has 1 heterocycles. The normalized spacial score (nSPS) is 13.6. The van der Waals surface area contributed by atoms with E-state index in [1.54, 1.807) is 20.8 Å². The molecule has 0 fully saturated rings. The molecule has 0 spiro atoms. The van der Waals surface area contributed by atoms with Gasteiger partial charge in [-0.05, 0) is 33.8 Å². The van der Waals surface area contributed by atoms with Crippen LogP contribution in [0.1, 0.15) is 36.8 Å². The van der Waals surface area contributed by atoms with Crippen molar-refractivity contribution >= 4 is 15.9 Å². The van der Waals surface area contributed by atoms with Gasteiger partial charge in [-0.1, -0.05) is 0 Å². The molecule has 1 aromatic rings. The summed E-state index contributed by atoms with van der Waals surface area (Å²) in [5, 5.41) is 2.69. The fourth-order valence-electron chi connectivity index (χ4n) is 1.75. The highest BCUT2D eigenvalue weighted by Gasteiger charge is 2.46. The van der Waals surface area contributed by atoms with Crippen LogP contribution in [0, 0.1) is 6.92 Å². The number of aromatic nitrogens is 1. The first-order valence-electron chi connectivity index (χ1n) is 7.32. The molecular formula is C14H20F3N3O4S. The fourth-order valence-corrected chi connectivity index (χ4v) is 2.48. The molecule has 11 heteroatoms. The number of nitrogens with one attached hydrogen (secondary N) is 2. The van der Waals surface area contributed by atoms with Crippen LogP contribution in [0.25, 0.3) is 0 Å². The lowest BCUT2D eigenvalue weighted by Crippen LogP contribution is -2.43. The molecule has 0 aliphatic carbocycles. The summed E-state index contributed by atoms with van der Waals surface area (Å²) < 4.78 is 65.6. The van der Waals surface area contributed by atoms with Gasteiger partial charge in [0.1, 0.15) is 12.4 Å². The second-order valence-electron chi connectivity index (χ2n) is 5.71. The topological polar surface area (TPSA) is 97.4 Å². The minimum Gasteiger partial charge on any atom is -0.490 e. The minimum atomic E-state index is -5.45. The van der Waals surface area contributed by atoms with Crippen LogP contribution in [-0.2, 0) is 10.0 Å². The third kappa shape index (κ3) is 6.16. The van der Waals surface area contributed by atoms with Gasteiger partial charge < -0.3 is 10.1 Å². The zero-order valence-electron chi connectivity index (χ0n) is 14.1. The maximum absolute atomic E-state index is 12.3. The lowest BCUT2D eigenvalue weighted by atomic mass is 10.2. The SMILES string of the molecule is Cc1ncc(OC[C@H](C)NS(=O)(=O)C(F)(F)F)cc1C(=O)NC(C)C. The van der Waals surface area contributed by atoms with Crippen molar-refractivity contribution in [3.05, 3.63) is 23.5 Å². The van der Waals surface area contributed by atoms with Crippen molar-refractivity contribution in [3.63, 3.8) is 0 Å². The summed E-state index contributed by atoms with van der Waals surface area (Å²) in [5.74, 6) is -0.228. The number of alkyl halides is 3. The van der Waals surface area contributed by atoms with Gasteiger partial charge in [-0.15, -0.1) is 0 Å². The highest BCUT2D eigenvalue weighted by Crippen LogP contribution is 2.22. The van der Waals surface area contributed by atoms with Gasteiger partial charge in [-0.25, -0.2) is 13.1 Å². The molecule has 0 aromatic carbocycles. The van der Waals surface area contributed by atoms with Crippen LogP contribution in [0.3, 0.4) is 0 Å². The van der Waals surface area contributed by atoms with Crippen molar-refractivity contribution in [1.82, 2.24) is 15.0 Å². The Hall–Kier alpha value is -1.88. The number of rotatable bonds is 7. The Morgan fingerprint density at radius 3 is 2.44 bits per heavy atom. The van der Waals surface area contributed by atoms with E-state index < -0.39 is 21.6 Å². The first-order chi connectivity index (χ1) is 11.3. The smallest absolute Gasteiger partial charge is 0.490 e. The number of aryl methyl sites for hydroxylation is 1. The maximum Gasteiger partial charge on any atom is 0.511 e. The predicted molar refractivity (Wildman–Crippen MR) is 84.6 cm³/mol. The fraction of sp³-hybridized carbons (Fsp3) is 0.571. The van der Waals surface area contributed by atoms with Crippen molar-refractivity contribution in [1.29, 1.82) is 0 Å². The van der Waals surface area contributed by atoms with Gasteiger partial charge in [0, 0.05) is 6.04 Å². The number of pyridine rings is 1. The van der Waals surface area contributed by atoms with Crippen LogP contribution in [0.15, 0.2) is 12.3 Å². The van der Waals surface area contributed by atoms with Gasteiger partial charge >= 0.3 is 15.5 Å². The van der Waals surface area contributed by atoms with Crippen molar-refractivity contribution in [2.24, 2.45) is 0 Å². The zero-order valence-corrected chi connectivity index (χ0v) is 15.0. The number of hydrogen-bond acceptors (Lipinski definition) is 5. The van der Waals surface area contributed by atoms with Crippen LogP contribution in [0.5, 0.6) is 5.75 Å². The van der Waals surface area contributed by atoms with E-state index >= 15 is 0 Å². The Morgan fingerprint density at radius 2 is 1.92 bits per heavy atom. The average molecular weight is 383 g/mol. The number of ether oxygens (including phenoxy) is 1. The van der Waals surface area contributed by atoms with E-state index in [2.05, 4.69) is 10.3 Å². The molecule has 7 nitrogen and oxygen atoms in total. The van der Waals surface area contributed by atoms with Gasteiger partial charge in [0.2, 0.25) is 0 Å². The van der Waals surface area contributed by atoms with Gasteiger partial charge in [0.25, 0.3) is 5.91 Å². The number of amides is 1. The Balaban J connectivity index is 2.77. The molecule has 0 aliphatic heterocycles. The summed E-state index contributed by atoms with van der Waals surface area (Å²) in [6, 6.07) is 0.166. The summed E-state index contributed by atoms with van der Waals surface area (Å²) in [7, 11) is -5.45. The molecule has 1 rings (SSSR count). The van der Waals surface area contributed by atoms with Crippen LogP contribution in [-0.4, -0.2) is 43.5 Å². The van der Waals surface area contributed by atoms with Crippen molar-refractivity contribution in [3.8, 4) is 5.75 Å². The highest BCUT2D eigenvalue weighted by molar-refractivity contribution is 7.90. The second-order valence-corrected chi connectivity index (χ2v) is 7.42. The van der Waals surface area contributed by atoms with Gasteiger partial charge in [-0.3, -0.25) is 9.78 Å². The molecule has 1 aromatic heterocycles. The van der Waals surface area contributed by atoms with Crippen LogP contribution in [0.4, 0.5) is 13.2 Å². The molecule has 0 bridgehead atoms. The van der Waals surface area contributed by atoms with Gasteiger partial charge in [0.05, 0.1) is 23.5 Å². The summed E-state index contributed by atoms with van der Waals surface area (Å²) in [6.45, 7) is 6.05. The van der Waals surface area contributed by atoms with Gasteiger partial charge in [0.15, 0.2) is 0 Å². The highest BCUT2D eigenvalue weighted by atomic mass is 32.2. The summed E-state index contributed by atoms with van der Waals surface area (Å²) in [5.41, 5.74) is -4.68. The largest absolute Gasteiger partial charge is 0.511 e. The molecule has 1 atom stereocenters. The van der Waals surface area contributed by atoms with E-state index in [1.165, 1.54) is 23.9 Å². The number of carbonyl (C=O) groups excluding carboxylic acids is 1. The molecule has 0 saturated heterocycles. The number of halogens is 3. The summed E-state index contributed by atoms with van der Waals surface area (Å²) in [6.07, 6.45) is 1.30. The average Bonchev–Trinajstić information content (AvgIpc) is 2.43. The Labute approximate surface area is 144 Å². The molecular weight excluding hydrogens is 363 g/mol. The van der Waals surface area contributed by atoms with E-state index in [4.69, 9.17) is 4.74 Å². The Bertz CT molecular complexity index is 721. The van der Waals surface area contributed by atoms with E-state index in [-0.39, 0.29) is 29.9 Å². The minimum absolute atomic E-state index is 0.0896. The Morgan fingerprint density at radius 1 is 1.32 bits per heavy atom. The predicted octanol–water partition coefficient (Wildman–Crippen LogP) is 1.73. The first-order valence-corrected chi connectivity index (χ1v) is 8.80. The van der Waals surface area contributed by atoms with E-state index in [0.29, 0.717) is 5.69 Å². The molecule has 0 aliphatic rings. The third-order valence-electron chi connectivity index (χ3n) is 2.89. The van der Waals surface area contributed by atoms with Crippen LogP contribution < -0.4 is 14.8 Å². The van der Waals surface area contributed by atoms with Crippen molar-refractivity contribution in [2.45, 2.75) is 45.3 Å². The molecule has 142 valence electrons. The number of hydrogen-bond donors (Lipinski definition) is 2. The quantitative estimate of drug-likeness (QED) is 0.747. The van der Waals surface area contributed by atoms with Crippen molar-refractivity contribution in [2.75, 3.05) is 6.61 Å². The summed E-state index contributed by atoms with van der Waals surface area (Å²) in [4.78, 5) is 16.0. The summed E-state index contributed by atoms with van der Waals surface area (Å²) >= 11 is 0. The second kappa shape index (κ2) is 8.00. The third-order valence-corrected chi connectivity index (χ3v) is 4.21. The zero-order chi connectivity index (χ0) is 19.4. The first kappa shape index (κ1) is 21.2. The standard InChI is InChI=1S/C14H20F3N3O4S/c1-8(2)19-13(21)12-5-11(6-18-10(12)4)24-7-9(3)20-25(22,23)14(15,16)17/h5-6,8-9,20H,7H2,1-4H3,(H,19,21)/t9-/m0/s1. The molecule has 1 amide bonds. The monoisotopic (exact) mass is 383 g/mol. The van der Waals surface area contributed by atoms with Crippen molar-refractivity contribution < 1.29 is 31.1 Å².